The Morgan fingerprint density at radius 1 is 1.42 bits per heavy atom. The number of nitrogens with one attached hydrogen (secondary N) is 1. The lowest BCUT2D eigenvalue weighted by Gasteiger charge is -2.28. The van der Waals surface area contributed by atoms with Crippen LogP contribution in [0.5, 0.6) is 5.75 Å². The van der Waals surface area contributed by atoms with Crippen LogP contribution in [-0.4, -0.2) is 32.3 Å². The second kappa shape index (κ2) is 5.36. The minimum Gasteiger partial charge on any atom is -0.495 e. The van der Waals surface area contributed by atoms with Gasteiger partial charge in [0.05, 0.1) is 29.3 Å². The van der Waals surface area contributed by atoms with Gasteiger partial charge in [0.15, 0.2) is 0 Å². The summed E-state index contributed by atoms with van der Waals surface area (Å²) in [6.45, 7) is 4.72. The number of methoxy groups -OCH3 is 1. The van der Waals surface area contributed by atoms with Crippen LogP contribution in [0.3, 0.4) is 0 Å². The molecule has 0 aliphatic carbocycles. The van der Waals surface area contributed by atoms with Gasteiger partial charge < -0.3 is 15.6 Å². The summed E-state index contributed by atoms with van der Waals surface area (Å²) >= 11 is 0. The molecule has 0 spiro atoms. The zero-order valence-corrected chi connectivity index (χ0v) is 12.3. The van der Waals surface area contributed by atoms with Crippen molar-refractivity contribution in [2.75, 3.05) is 12.8 Å². The molecule has 1 atom stereocenters. The standard InChI is InChI=1S/C12H20N2O4S/c1-8(15)12(2,3)14-19(16,17)9-5-6-11(18-4)10(13)7-9/h5-8,14-15H,13H2,1-4H3. The van der Waals surface area contributed by atoms with Gasteiger partial charge in [0, 0.05) is 0 Å². The minimum absolute atomic E-state index is 0.0273. The highest BCUT2D eigenvalue weighted by Gasteiger charge is 2.30. The molecule has 0 bridgehead atoms. The summed E-state index contributed by atoms with van der Waals surface area (Å²) in [4.78, 5) is 0.0273. The zero-order chi connectivity index (χ0) is 14.8. The number of anilines is 1. The number of nitrogen functional groups attached to an aromatic ring is 1. The smallest absolute Gasteiger partial charge is 0.241 e. The van der Waals surface area contributed by atoms with Gasteiger partial charge in [0.25, 0.3) is 0 Å². The molecule has 1 rings (SSSR count). The van der Waals surface area contributed by atoms with Crippen molar-refractivity contribution in [3.8, 4) is 5.75 Å². The van der Waals surface area contributed by atoms with Gasteiger partial charge in [-0.05, 0) is 39.0 Å². The Balaban J connectivity index is 3.11. The number of hydrogen-bond donors (Lipinski definition) is 3. The molecule has 0 fully saturated rings. The second-order valence-corrected chi connectivity index (χ2v) is 6.59. The molecular weight excluding hydrogens is 268 g/mol. The molecule has 0 aliphatic heterocycles. The van der Waals surface area contributed by atoms with Crippen LogP contribution in [0.1, 0.15) is 20.8 Å². The lowest BCUT2D eigenvalue weighted by atomic mass is 10.0. The van der Waals surface area contributed by atoms with Gasteiger partial charge in [0.2, 0.25) is 10.0 Å². The summed E-state index contributed by atoms with van der Waals surface area (Å²) in [5.74, 6) is 0.411. The Morgan fingerprint density at radius 3 is 2.42 bits per heavy atom. The van der Waals surface area contributed by atoms with Crippen LogP contribution in [0.2, 0.25) is 0 Å². The molecule has 4 N–H and O–H groups in total. The molecule has 0 aromatic heterocycles. The quantitative estimate of drug-likeness (QED) is 0.693. The fraction of sp³-hybridized carbons (Fsp3) is 0.500. The molecule has 0 aliphatic rings. The summed E-state index contributed by atoms with van der Waals surface area (Å²) in [6.07, 6.45) is -0.835. The van der Waals surface area contributed by atoms with Crippen LogP contribution in [0.25, 0.3) is 0 Å². The van der Waals surface area contributed by atoms with Crippen molar-refractivity contribution in [2.45, 2.75) is 37.3 Å². The van der Waals surface area contributed by atoms with Crippen molar-refractivity contribution in [2.24, 2.45) is 0 Å². The summed E-state index contributed by atoms with van der Waals surface area (Å²) < 4.78 is 31.8. The van der Waals surface area contributed by atoms with Crippen LogP contribution in [-0.2, 0) is 10.0 Å². The van der Waals surface area contributed by atoms with Crippen LogP contribution in [0.15, 0.2) is 23.1 Å². The average Bonchev–Trinajstić information content (AvgIpc) is 2.27. The van der Waals surface area contributed by atoms with Crippen molar-refractivity contribution in [3.63, 3.8) is 0 Å². The van der Waals surface area contributed by atoms with Gasteiger partial charge >= 0.3 is 0 Å². The average molecular weight is 288 g/mol. The maximum absolute atomic E-state index is 12.2. The predicted octanol–water partition coefficient (Wildman–Crippen LogP) is 0.715. The highest BCUT2D eigenvalue weighted by atomic mass is 32.2. The Hall–Kier alpha value is -1.31. The SMILES string of the molecule is COc1ccc(S(=O)(=O)NC(C)(C)C(C)O)cc1N. The molecule has 108 valence electrons. The first kappa shape index (κ1) is 15.7. The van der Waals surface area contributed by atoms with Crippen molar-refractivity contribution in [3.05, 3.63) is 18.2 Å². The third kappa shape index (κ3) is 3.59. The van der Waals surface area contributed by atoms with E-state index in [1.807, 2.05) is 0 Å². The number of aliphatic hydroxyl groups excluding tert-OH is 1. The van der Waals surface area contributed by atoms with Crippen LogP contribution >= 0.6 is 0 Å². The largest absolute Gasteiger partial charge is 0.495 e. The number of sulfonamides is 1. The number of rotatable bonds is 5. The van der Waals surface area contributed by atoms with E-state index >= 15 is 0 Å². The normalized spacial score (nSPS) is 14.2. The molecule has 0 saturated heterocycles. The monoisotopic (exact) mass is 288 g/mol. The Kier molecular flexibility index (Phi) is 4.44. The van der Waals surface area contributed by atoms with Crippen LogP contribution < -0.4 is 15.2 Å². The maximum atomic E-state index is 12.2. The molecule has 6 nitrogen and oxygen atoms in total. The third-order valence-corrected chi connectivity index (χ3v) is 4.62. The molecule has 0 saturated carbocycles. The molecular formula is C12H20N2O4S. The molecule has 1 aromatic rings. The number of hydrogen-bond acceptors (Lipinski definition) is 5. The summed E-state index contributed by atoms with van der Waals surface area (Å²) in [6, 6.07) is 4.20. The van der Waals surface area contributed by atoms with Gasteiger partial charge in [-0.2, -0.15) is 0 Å². The molecule has 0 amide bonds. The van der Waals surface area contributed by atoms with E-state index < -0.39 is 21.7 Å². The van der Waals surface area contributed by atoms with E-state index in [-0.39, 0.29) is 10.6 Å². The molecule has 19 heavy (non-hydrogen) atoms. The highest BCUT2D eigenvalue weighted by molar-refractivity contribution is 7.89. The van der Waals surface area contributed by atoms with Gasteiger partial charge in [-0.25, -0.2) is 13.1 Å². The maximum Gasteiger partial charge on any atom is 0.241 e. The number of ether oxygens (including phenoxy) is 1. The Morgan fingerprint density at radius 2 is 2.00 bits per heavy atom. The van der Waals surface area contributed by atoms with Crippen molar-refractivity contribution < 1.29 is 18.3 Å². The first-order chi connectivity index (χ1) is 8.60. The van der Waals surface area contributed by atoms with Crippen molar-refractivity contribution in [1.82, 2.24) is 4.72 Å². The Bertz CT molecular complexity index is 553. The topological polar surface area (TPSA) is 102 Å². The lowest BCUT2D eigenvalue weighted by Crippen LogP contribution is -2.50. The molecule has 0 heterocycles. The van der Waals surface area contributed by atoms with Crippen molar-refractivity contribution in [1.29, 1.82) is 0 Å². The van der Waals surface area contributed by atoms with Crippen LogP contribution in [0.4, 0.5) is 5.69 Å². The minimum atomic E-state index is -3.76. The molecule has 7 heteroatoms. The number of benzene rings is 1. The number of nitrogens with two attached hydrogens (primary N) is 1. The van der Waals surface area contributed by atoms with Gasteiger partial charge in [-0.15, -0.1) is 0 Å². The van der Waals surface area contributed by atoms with E-state index in [1.54, 1.807) is 13.8 Å². The van der Waals surface area contributed by atoms with E-state index in [2.05, 4.69) is 4.72 Å². The lowest BCUT2D eigenvalue weighted by molar-refractivity contribution is 0.111. The van der Waals surface area contributed by atoms with Gasteiger partial charge in [-0.3, -0.25) is 0 Å². The van der Waals surface area contributed by atoms with E-state index in [4.69, 9.17) is 10.5 Å². The molecule has 0 radical (unpaired) electrons. The van der Waals surface area contributed by atoms with E-state index in [0.29, 0.717) is 5.75 Å². The summed E-state index contributed by atoms with van der Waals surface area (Å²) in [5, 5.41) is 9.56. The third-order valence-electron chi connectivity index (χ3n) is 2.95. The summed E-state index contributed by atoms with van der Waals surface area (Å²) in [7, 11) is -2.30. The highest BCUT2D eigenvalue weighted by Crippen LogP contribution is 2.25. The van der Waals surface area contributed by atoms with E-state index in [9.17, 15) is 13.5 Å². The summed E-state index contributed by atoms with van der Waals surface area (Å²) in [5.41, 5.74) is 4.94. The Labute approximate surface area is 113 Å². The second-order valence-electron chi connectivity index (χ2n) is 4.91. The first-order valence-electron chi connectivity index (χ1n) is 5.75. The predicted molar refractivity (Wildman–Crippen MR) is 73.5 cm³/mol. The van der Waals surface area contributed by atoms with E-state index in [1.165, 1.54) is 32.2 Å². The molecule has 1 aromatic carbocycles. The zero-order valence-electron chi connectivity index (χ0n) is 11.5. The van der Waals surface area contributed by atoms with Gasteiger partial charge in [-0.1, -0.05) is 0 Å². The van der Waals surface area contributed by atoms with E-state index in [0.717, 1.165) is 0 Å². The number of aliphatic hydroxyl groups is 1. The fourth-order valence-corrected chi connectivity index (χ4v) is 2.88. The first-order valence-corrected chi connectivity index (χ1v) is 7.24. The van der Waals surface area contributed by atoms with Gasteiger partial charge in [0.1, 0.15) is 5.75 Å². The fourth-order valence-electron chi connectivity index (χ4n) is 1.37. The van der Waals surface area contributed by atoms with Crippen molar-refractivity contribution >= 4 is 15.7 Å². The van der Waals surface area contributed by atoms with Crippen LogP contribution in [0, 0.1) is 0 Å². The molecule has 1 unspecified atom stereocenters.